The Balaban J connectivity index is 1.58. The van der Waals surface area contributed by atoms with Crippen molar-refractivity contribution in [1.29, 1.82) is 0 Å². The maximum absolute atomic E-state index is 13.0. The van der Waals surface area contributed by atoms with Gasteiger partial charge in [0.2, 0.25) is 5.88 Å². The number of fused-ring (bicyclic) bond motifs is 2. The summed E-state index contributed by atoms with van der Waals surface area (Å²) in [5.74, 6) is 0.419. The van der Waals surface area contributed by atoms with Gasteiger partial charge in [-0.25, -0.2) is 4.98 Å². The van der Waals surface area contributed by atoms with Crippen LogP contribution in [0.25, 0.3) is 0 Å². The lowest BCUT2D eigenvalue weighted by Gasteiger charge is -2.38. The Morgan fingerprint density at radius 3 is 2.48 bits per heavy atom. The zero-order valence-electron chi connectivity index (χ0n) is 13.0. The van der Waals surface area contributed by atoms with Crippen LogP contribution in [-0.2, 0) is 0 Å². The molecule has 1 amide bonds. The predicted molar refractivity (Wildman–Crippen MR) is 82.1 cm³/mol. The predicted octanol–water partition coefficient (Wildman–Crippen LogP) is 1.69. The molecule has 2 bridgehead atoms. The minimum absolute atomic E-state index is 0.0225. The van der Waals surface area contributed by atoms with E-state index in [2.05, 4.69) is 15.2 Å². The highest BCUT2D eigenvalue weighted by Crippen LogP contribution is 2.41. The number of aromatic nitrogens is 4. The Morgan fingerprint density at radius 2 is 1.83 bits per heavy atom. The number of hydrogen-bond acceptors (Lipinski definition) is 5. The molecule has 2 aromatic heterocycles. The van der Waals surface area contributed by atoms with Crippen LogP contribution in [-0.4, -0.2) is 50.0 Å². The van der Waals surface area contributed by atoms with Gasteiger partial charge in [-0.2, -0.15) is 15.0 Å². The second-order valence-corrected chi connectivity index (χ2v) is 6.13. The van der Waals surface area contributed by atoms with Crippen molar-refractivity contribution < 1.29 is 9.53 Å². The van der Waals surface area contributed by atoms with Crippen molar-refractivity contribution in [3.63, 3.8) is 0 Å². The van der Waals surface area contributed by atoms with Gasteiger partial charge in [0.05, 0.1) is 25.5 Å². The minimum atomic E-state index is 0.0225. The number of nitrogens with zero attached hydrogens (tertiary/aromatic N) is 5. The van der Waals surface area contributed by atoms with E-state index in [1.807, 2.05) is 4.90 Å². The highest BCUT2D eigenvalue weighted by Gasteiger charge is 2.45. The first-order valence-corrected chi connectivity index (χ1v) is 7.95. The number of pyridine rings is 1. The van der Waals surface area contributed by atoms with E-state index in [4.69, 9.17) is 4.74 Å². The summed E-state index contributed by atoms with van der Waals surface area (Å²) in [6.45, 7) is 0. The minimum Gasteiger partial charge on any atom is -0.480 e. The molecule has 0 radical (unpaired) electrons. The van der Waals surface area contributed by atoms with E-state index in [-0.39, 0.29) is 24.0 Å². The molecule has 0 aromatic carbocycles. The molecular formula is C16H19N5O2. The zero-order valence-corrected chi connectivity index (χ0v) is 13.0. The quantitative estimate of drug-likeness (QED) is 0.862. The van der Waals surface area contributed by atoms with Gasteiger partial charge < -0.3 is 9.64 Å². The topological polar surface area (TPSA) is 73.1 Å². The molecule has 120 valence electrons. The van der Waals surface area contributed by atoms with Gasteiger partial charge >= 0.3 is 0 Å². The molecule has 0 saturated carbocycles. The molecule has 2 atom stereocenters. The van der Waals surface area contributed by atoms with Gasteiger partial charge in [0, 0.05) is 18.3 Å². The van der Waals surface area contributed by atoms with Gasteiger partial charge in [-0.05, 0) is 37.8 Å². The summed E-state index contributed by atoms with van der Waals surface area (Å²) < 4.78 is 5.25. The summed E-state index contributed by atoms with van der Waals surface area (Å²) in [6.07, 6.45) is 8.94. The first kappa shape index (κ1) is 14.2. The van der Waals surface area contributed by atoms with Crippen molar-refractivity contribution >= 4 is 5.91 Å². The Kier molecular flexibility index (Phi) is 3.48. The van der Waals surface area contributed by atoms with Crippen molar-refractivity contribution in [3.8, 4) is 5.88 Å². The van der Waals surface area contributed by atoms with E-state index in [9.17, 15) is 4.79 Å². The van der Waals surface area contributed by atoms with Crippen LogP contribution in [0.3, 0.4) is 0 Å². The number of hydrogen-bond donors (Lipinski definition) is 0. The number of rotatable bonds is 3. The summed E-state index contributed by atoms with van der Waals surface area (Å²) in [7, 11) is 1.54. The third kappa shape index (κ3) is 2.36. The Morgan fingerprint density at radius 1 is 1.13 bits per heavy atom. The van der Waals surface area contributed by atoms with Crippen molar-refractivity contribution in [3.05, 3.63) is 36.3 Å². The Bertz CT molecular complexity index is 688. The van der Waals surface area contributed by atoms with Crippen LogP contribution in [0.5, 0.6) is 5.88 Å². The molecule has 0 unspecified atom stereocenters. The fourth-order valence-electron chi connectivity index (χ4n) is 3.94. The number of carbonyl (C=O) groups excluding carboxylic acids is 1. The van der Waals surface area contributed by atoms with Crippen molar-refractivity contribution in [2.45, 2.75) is 43.8 Å². The van der Waals surface area contributed by atoms with Gasteiger partial charge in [0.15, 0.2) is 0 Å². The molecule has 2 saturated heterocycles. The second-order valence-electron chi connectivity index (χ2n) is 6.13. The maximum atomic E-state index is 13.0. The molecule has 2 fully saturated rings. The molecule has 2 aliphatic heterocycles. The van der Waals surface area contributed by atoms with Gasteiger partial charge in [-0.1, -0.05) is 0 Å². The fourth-order valence-corrected chi connectivity index (χ4v) is 3.94. The lowest BCUT2D eigenvalue weighted by molar-refractivity contribution is 0.0508. The molecule has 0 aliphatic carbocycles. The van der Waals surface area contributed by atoms with Crippen LogP contribution in [0, 0.1) is 0 Å². The van der Waals surface area contributed by atoms with Crippen LogP contribution in [0.1, 0.15) is 42.1 Å². The van der Waals surface area contributed by atoms with Crippen LogP contribution in [0.4, 0.5) is 0 Å². The highest BCUT2D eigenvalue weighted by atomic mass is 16.5. The summed E-state index contributed by atoms with van der Waals surface area (Å²) in [4.78, 5) is 21.0. The van der Waals surface area contributed by atoms with Crippen molar-refractivity contribution in [2.24, 2.45) is 0 Å². The van der Waals surface area contributed by atoms with Crippen LogP contribution in [0.2, 0.25) is 0 Å². The SMILES string of the molecule is COc1ncccc1C(=O)N1[C@H]2CC[C@H]1CC(n1nccn1)C2. The molecule has 0 spiro atoms. The van der Waals surface area contributed by atoms with Crippen LogP contribution >= 0.6 is 0 Å². The third-order valence-electron chi connectivity index (χ3n) is 4.90. The Hall–Kier alpha value is -2.44. The molecule has 4 rings (SSSR count). The molecule has 4 heterocycles. The molecule has 7 nitrogen and oxygen atoms in total. The third-order valence-corrected chi connectivity index (χ3v) is 4.90. The number of carbonyl (C=O) groups is 1. The molecule has 7 heteroatoms. The summed E-state index contributed by atoms with van der Waals surface area (Å²) >= 11 is 0. The summed E-state index contributed by atoms with van der Waals surface area (Å²) in [5, 5.41) is 8.53. The van der Waals surface area contributed by atoms with Crippen molar-refractivity contribution in [1.82, 2.24) is 24.9 Å². The lowest BCUT2D eigenvalue weighted by atomic mass is 9.97. The van der Waals surface area contributed by atoms with Gasteiger partial charge in [0.25, 0.3) is 5.91 Å². The van der Waals surface area contributed by atoms with Gasteiger partial charge in [0.1, 0.15) is 5.56 Å². The van der Waals surface area contributed by atoms with E-state index in [0.29, 0.717) is 11.4 Å². The van der Waals surface area contributed by atoms with E-state index in [0.717, 1.165) is 25.7 Å². The first-order valence-electron chi connectivity index (χ1n) is 7.95. The van der Waals surface area contributed by atoms with Crippen LogP contribution < -0.4 is 4.74 Å². The monoisotopic (exact) mass is 313 g/mol. The van der Waals surface area contributed by atoms with Crippen LogP contribution in [0.15, 0.2) is 30.7 Å². The van der Waals surface area contributed by atoms with Gasteiger partial charge in [-0.3, -0.25) is 4.79 Å². The molecule has 23 heavy (non-hydrogen) atoms. The van der Waals surface area contributed by atoms with E-state index in [1.165, 1.54) is 0 Å². The van der Waals surface area contributed by atoms with Crippen molar-refractivity contribution in [2.75, 3.05) is 7.11 Å². The first-order chi connectivity index (χ1) is 11.3. The molecule has 2 aliphatic rings. The smallest absolute Gasteiger partial charge is 0.259 e. The molecule has 0 N–H and O–H groups in total. The van der Waals surface area contributed by atoms with E-state index >= 15 is 0 Å². The van der Waals surface area contributed by atoms with E-state index < -0.39 is 0 Å². The molecule has 2 aromatic rings. The lowest BCUT2D eigenvalue weighted by Crippen LogP contribution is -2.47. The fraction of sp³-hybridized carbons (Fsp3) is 0.500. The summed E-state index contributed by atoms with van der Waals surface area (Å²) in [6, 6.07) is 4.32. The average Bonchev–Trinajstić information content (AvgIpc) is 3.21. The number of methoxy groups -OCH3 is 1. The highest BCUT2D eigenvalue weighted by molar-refractivity contribution is 5.97. The van der Waals surface area contributed by atoms with Gasteiger partial charge in [-0.15, -0.1) is 0 Å². The van der Waals surface area contributed by atoms with E-state index in [1.54, 1.807) is 42.6 Å². The maximum Gasteiger partial charge on any atom is 0.259 e. The second kappa shape index (κ2) is 5.64. The largest absolute Gasteiger partial charge is 0.480 e. The standard InChI is InChI=1S/C16H19N5O2/c1-23-15-14(3-2-6-17-15)16(22)20-11-4-5-12(20)10-13(9-11)21-18-7-8-19-21/h2-3,6-8,11-13H,4-5,9-10H2,1H3/t11-,12-/m0/s1. The Labute approximate surface area is 134 Å². The summed E-state index contributed by atoms with van der Waals surface area (Å²) in [5.41, 5.74) is 0.544. The normalized spacial score (nSPS) is 26.3. The number of piperidine rings is 1. The molecular weight excluding hydrogens is 294 g/mol. The average molecular weight is 313 g/mol. The number of ether oxygens (including phenoxy) is 1. The number of amides is 1. The zero-order chi connectivity index (χ0) is 15.8.